The number of anilines is 1. The third-order valence-electron chi connectivity index (χ3n) is 3.27. The van der Waals surface area contributed by atoms with Crippen molar-refractivity contribution in [3.8, 4) is 0 Å². The first-order chi connectivity index (χ1) is 8.91. The minimum Gasteiger partial charge on any atom is -0.377 e. The van der Waals surface area contributed by atoms with Gasteiger partial charge in [-0.05, 0) is 29.8 Å². The highest BCUT2D eigenvalue weighted by atomic mass is 79.9. The summed E-state index contributed by atoms with van der Waals surface area (Å²) in [7, 11) is 0. The Morgan fingerprint density at radius 2 is 2.05 bits per heavy atom. The van der Waals surface area contributed by atoms with Gasteiger partial charge in [-0.3, -0.25) is 10.2 Å². The second-order valence-electron chi connectivity index (χ2n) is 4.94. The highest BCUT2D eigenvalue weighted by Gasteiger charge is 2.45. The van der Waals surface area contributed by atoms with Gasteiger partial charge in [0, 0.05) is 25.5 Å². The van der Waals surface area contributed by atoms with Crippen molar-refractivity contribution in [2.24, 2.45) is 0 Å². The molecule has 1 saturated heterocycles. The number of aliphatic hydroxyl groups is 2. The van der Waals surface area contributed by atoms with E-state index in [0.29, 0.717) is 19.0 Å². The van der Waals surface area contributed by atoms with Crippen LogP contribution in [0.1, 0.15) is 13.8 Å². The lowest BCUT2D eigenvalue weighted by molar-refractivity contribution is -0.0191. The third-order valence-corrected chi connectivity index (χ3v) is 3.68. The fourth-order valence-electron chi connectivity index (χ4n) is 2.01. The lowest BCUT2D eigenvalue weighted by atomic mass is 10.0. The standard InChI is InChI=1S/C11H18BrN5O2/c1-11(2)8(18)16-10(19)17(11)4-3-13-9-14-5-7(12)6-15-9/h5-6,8,10,16,18-19H,3-4H2,1-2H3,(H,13,14,15). The Bertz CT molecular complexity index is 428. The molecule has 0 amide bonds. The van der Waals surface area contributed by atoms with Crippen LogP contribution in [-0.4, -0.2) is 56.3 Å². The minimum absolute atomic E-state index is 0.526. The molecule has 1 aromatic heterocycles. The fourth-order valence-corrected chi connectivity index (χ4v) is 2.21. The topological polar surface area (TPSA) is 93.5 Å². The molecular formula is C11H18BrN5O2. The zero-order valence-corrected chi connectivity index (χ0v) is 12.4. The van der Waals surface area contributed by atoms with Crippen molar-refractivity contribution in [2.75, 3.05) is 18.4 Å². The van der Waals surface area contributed by atoms with Crippen LogP contribution in [0, 0.1) is 0 Å². The van der Waals surface area contributed by atoms with Gasteiger partial charge in [-0.1, -0.05) is 0 Å². The molecule has 19 heavy (non-hydrogen) atoms. The first-order valence-electron chi connectivity index (χ1n) is 6.01. The molecule has 2 unspecified atom stereocenters. The van der Waals surface area contributed by atoms with E-state index in [1.54, 1.807) is 17.3 Å². The van der Waals surface area contributed by atoms with E-state index in [9.17, 15) is 10.2 Å². The number of aliphatic hydroxyl groups excluding tert-OH is 2. The van der Waals surface area contributed by atoms with Gasteiger partial charge in [0.2, 0.25) is 5.95 Å². The van der Waals surface area contributed by atoms with Crippen LogP contribution in [0.15, 0.2) is 16.9 Å². The Morgan fingerprint density at radius 1 is 1.42 bits per heavy atom. The Kier molecular flexibility index (Phi) is 4.36. The molecule has 2 atom stereocenters. The maximum Gasteiger partial charge on any atom is 0.222 e. The van der Waals surface area contributed by atoms with Gasteiger partial charge in [0.1, 0.15) is 6.23 Å². The summed E-state index contributed by atoms with van der Waals surface area (Å²) in [6, 6.07) is 0. The predicted octanol–water partition coefficient (Wildman–Crippen LogP) is -0.0709. The summed E-state index contributed by atoms with van der Waals surface area (Å²) < 4.78 is 0.821. The fraction of sp³-hybridized carbons (Fsp3) is 0.636. The van der Waals surface area contributed by atoms with Crippen LogP contribution in [-0.2, 0) is 0 Å². The van der Waals surface area contributed by atoms with Gasteiger partial charge in [0.15, 0.2) is 6.35 Å². The molecule has 2 rings (SSSR count). The molecule has 106 valence electrons. The van der Waals surface area contributed by atoms with E-state index in [1.807, 2.05) is 13.8 Å². The van der Waals surface area contributed by atoms with Crippen LogP contribution in [0.5, 0.6) is 0 Å². The average Bonchev–Trinajstić information content (AvgIpc) is 2.54. The summed E-state index contributed by atoms with van der Waals surface area (Å²) in [4.78, 5) is 9.98. The molecule has 1 aliphatic heterocycles. The zero-order valence-electron chi connectivity index (χ0n) is 10.8. The van der Waals surface area contributed by atoms with Crippen LogP contribution < -0.4 is 10.6 Å². The summed E-state index contributed by atoms with van der Waals surface area (Å²) in [5.74, 6) is 0.531. The average molecular weight is 332 g/mol. The molecule has 0 spiro atoms. The van der Waals surface area contributed by atoms with E-state index in [1.165, 1.54) is 0 Å². The predicted molar refractivity (Wildman–Crippen MR) is 74.2 cm³/mol. The van der Waals surface area contributed by atoms with Crippen molar-refractivity contribution >= 4 is 21.9 Å². The van der Waals surface area contributed by atoms with Gasteiger partial charge < -0.3 is 15.5 Å². The molecule has 8 heteroatoms. The lowest BCUT2D eigenvalue weighted by Crippen LogP contribution is -2.49. The van der Waals surface area contributed by atoms with Crippen molar-refractivity contribution < 1.29 is 10.2 Å². The van der Waals surface area contributed by atoms with Crippen molar-refractivity contribution in [1.29, 1.82) is 0 Å². The maximum absolute atomic E-state index is 9.82. The zero-order chi connectivity index (χ0) is 14.0. The molecule has 7 nitrogen and oxygen atoms in total. The monoisotopic (exact) mass is 331 g/mol. The molecule has 4 N–H and O–H groups in total. The molecule has 2 heterocycles. The van der Waals surface area contributed by atoms with E-state index >= 15 is 0 Å². The Morgan fingerprint density at radius 3 is 2.58 bits per heavy atom. The summed E-state index contributed by atoms with van der Waals surface area (Å²) in [6.07, 6.45) is 1.72. The van der Waals surface area contributed by atoms with Crippen molar-refractivity contribution in [3.63, 3.8) is 0 Å². The molecule has 0 saturated carbocycles. The molecule has 0 aliphatic carbocycles. The summed E-state index contributed by atoms with van der Waals surface area (Å²) in [5.41, 5.74) is -0.526. The first kappa shape index (κ1) is 14.6. The molecule has 1 fully saturated rings. The van der Waals surface area contributed by atoms with Crippen LogP contribution in [0.4, 0.5) is 5.95 Å². The van der Waals surface area contributed by atoms with E-state index in [-0.39, 0.29) is 0 Å². The van der Waals surface area contributed by atoms with Crippen molar-refractivity contribution in [2.45, 2.75) is 32.0 Å². The second kappa shape index (κ2) is 5.68. The largest absolute Gasteiger partial charge is 0.377 e. The highest BCUT2D eigenvalue weighted by molar-refractivity contribution is 9.10. The van der Waals surface area contributed by atoms with E-state index in [0.717, 1.165) is 4.47 Å². The molecule has 0 bridgehead atoms. The second-order valence-corrected chi connectivity index (χ2v) is 5.86. The van der Waals surface area contributed by atoms with E-state index in [4.69, 9.17) is 0 Å². The van der Waals surface area contributed by atoms with Gasteiger partial charge in [-0.25, -0.2) is 9.97 Å². The van der Waals surface area contributed by atoms with Crippen molar-refractivity contribution in [3.05, 3.63) is 16.9 Å². The van der Waals surface area contributed by atoms with E-state index < -0.39 is 18.1 Å². The molecule has 1 aromatic rings. The SMILES string of the molecule is CC1(C)C(O)NC(O)N1CCNc1ncc(Br)cn1. The van der Waals surface area contributed by atoms with Gasteiger partial charge >= 0.3 is 0 Å². The number of halogens is 1. The van der Waals surface area contributed by atoms with Crippen LogP contribution in [0.2, 0.25) is 0 Å². The molecular weight excluding hydrogens is 314 g/mol. The number of rotatable bonds is 4. The smallest absolute Gasteiger partial charge is 0.222 e. The van der Waals surface area contributed by atoms with Crippen LogP contribution >= 0.6 is 15.9 Å². The number of nitrogens with one attached hydrogen (secondary N) is 2. The number of aromatic nitrogens is 2. The Balaban J connectivity index is 1.87. The highest BCUT2D eigenvalue weighted by Crippen LogP contribution is 2.25. The number of hydrogen-bond donors (Lipinski definition) is 4. The van der Waals surface area contributed by atoms with Crippen LogP contribution in [0.25, 0.3) is 0 Å². The first-order valence-corrected chi connectivity index (χ1v) is 6.81. The molecule has 1 aliphatic rings. The number of nitrogens with zero attached hydrogens (tertiary/aromatic N) is 3. The lowest BCUT2D eigenvalue weighted by Gasteiger charge is -2.33. The Hall–Kier alpha value is -0.800. The minimum atomic E-state index is -0.849. The van der Waals surface area contributed by atoms with Crippen LogP contribution in [0.3, 0.4) is 0 Å². The third kappa shape index (κ3) is 3.21. The van der Waals surface area contributed by atoms with E-state index in [2.05, 4.69) is 36.5 Å². The summed E-state index contributed by atoms with van der Waals surface area (Å²) in [6.45, 7) is 4.86. The van der Waals surface area contributed by atoms with Gasteiger partial charge in [0.05, 0.1) is 10.0 Å². The normalized spacial score (nSPS) is 26.6. The van der Waals surface area contributed by atoms with Gasteiger partial charge in [-0.2, -0.15) is 0 Å². The molecule has 0 radical (unpaired) electrons. The Labute approximate surface area is 120 Å². The quantitative estimate of drug-likeness (QED) is 0.613. The number of hydrogen-bond acceptors (Lipinski definition) is 7. The molecule has 0 aromatic carbocycles. The summed E-state index contributed by atoms with van der Waals surface area (Å²) >= 11 is 3.27. The van der Waals surface area contributed by atoms with Crippen molar-refractivity contribution in [1.82, 2.24) is 20.2 Å². The van der Waals surface area contributed by atoms with Gasteiger partial charge in [0.25, 0.3) is 0 Å². The van der Waals surface area contributed by atoms with Gasteiger partial charge in [-0.15, -0.1) is 0 Å². The maximum atomic E-state index is 9.82. The summed E-state index contributed by atoms with van der Waals surface area (Å²) in [5, 5.41) is 25.4.